The smallest absolute Gasteiger partial charge is 0.178 e. The average molecular weight is 274 g/mol. The first-order chi connectivity index (χ1) is 9.04. The molecule has 108 valence electrons. The SMILES string of the molecule is CC(C)COCCCNc1nc(NN)c(F)cc1F. The standard InChI is InChI=1S/C12H20F2N4O/c1-8(2)7-19-5-3-4-16-11-9(13)6-10(14)12(17-11)18-15/h6,8H,3-5,7,15H2,1-2H3,(H2,16,17,18). The largest absolute Gasteiger partial charge is 0.381 e. The molecule has 0 aliphatic rings. The van der Waals surface area contributed by atoms with Crippen molar-refractivity contribution in [3.05, 3.63) is 17.7 Å². The van der Waals surface area contributed by atoms with E-state index in [-0.39, 0.29) is 11.6 Å². The number of halogens is 2. The zero-order chi connectivity index (χ0) is 14.3. The van der Waals surface area contributed by atoms with Gasteiger partial charge in [-0.2, -0.15) is 0 Å². The highest BCUT2D eigenvalue weighted by molar-refractivity contribution is 5.46. The number of ether oxygens (including phenoxy) is 1. The van der Waals surface area contributed by atoms with Crippen LogP contribution in [0.1, 0.15) is 20.3 Å². The Morgan fingerprint density at radius 3 is 2.63 bits per heavy atom. The number of nitrogens with two attached hydrogens (primary N) is 1. The van der Waals surface area contributed by atoms with E-state index in [1.807, 2.05) is 0 Å². The summed E-state index contributed by atoms with van der Waals surface area (Å²) in [5.41, 5.74) is 2.07. The van der Waals surface area contributed by atoms with Gasteiger partial charge in [-0.3, -0.25) is 0 Å². The van der Waals surface area contributed by atoms with E-state index in [1.165, 1.54) is 0 Å². The Labute approximate surface area is 111 Å². The number of hydrogen-bond donors (Lipinski definition) is 3. The van der Waals surface area contributed by atoms with Gasteiger partial charge in [-0.05, 0) is 12.3 Å². The van der Waals surface area contributed by atoms with Crippen LogP contribution in [0.2, 0.25) is 0 Å². The third kappa shape index (κ3) is 5.35. The molecule has 0 fully saturated rings. The van der Waals surface area contributed by atoms with Crippen molar-refractivity contribution in [2.24, 2.45) is 11.8 Å². The van der Waals surface area contributed by atoms with Crippen LogP contribution < -0.4 is 16.6 Å². The minimum absolute atomic E-state index is 0.0294. The lowest BCUT2D eigenvalue weighted by Crippen LogP contribution is -2.14. The second-order valence-corrected chi connectivity index (χ2v) is 4.54. The summed E-state index contributed by atoms with van der Waals surface area (Å²) in [6, 6.07) is 0.736. The molecule has 1 aromatic heterocycles. The Morgan fingerprint density at radius 1 is 1.32 bits per heavy atom. The van der Waals surface area contributed by atoms with Gasteiger partial charge in [0.1, 0.15) is 0 Å². The predicted molar refractivity (Wildman–Crippen MR) is 70.7 cm³/mol. The maximum Gasteiger partial charge on any atom is 0.178 e. The third-order valence-corrected chi connectivity index (χ3v) is 2.28. The van der Waals surface area contributed by atoms with Gasteiger partial charge in [0, 0.05) is 25.8 Å². The molecular formula is C12H20F2N4O. The van der Waals surface area contributed by atoms with Crippen molar-refractivity contribution >= 4 is 11.6 Å². The quantitative estimate of drug-likeness (QED) is 0.385. The Morgan fingerprint density at radius 2 is 2.00 bits per heavy atom. The fourth-order valence-corrected chi connectivity index (χ4v) is 1.39. The zero-order valence-corrected chi connectivity index (χ0v) is 11.2. The molecule has 0 saturated carbocycles. The third-order valence-electron chi connectivity index (χ3n) is 2.28. The molecule has 1 aromatic rings. The number of anilines is 2. The number of hydrogen-bond acceptors (Lipinski definition) is 5. The van der Waals surface area contributed by atoms with Crippen molar-refractivity contribution in [3.63, 3.8) is 0 Å². The lowest BCUT2D eigenvalue weighted by Gasteiger charge is -2.10. The van der Waals surface area contributed by atoms with Crippen LogP contribution in [0, 0.1) is 17.6 Å². The summed E-state index contributed by atoms with van der Waals surface area (Å²) in [6.45, 7) is 5.90. The van der Waals surface area contributed by atoms with Gasteiger partial charge in [-0.15, -0.1) is 0 Å². The van der Waals surface area contributed by atoms with E-state index in [4.69, 9.17) is 10.6 Å². The minimum atomic E-state index is -0.828. The minimum Gasteiger partial charge on any atom is -0.381 e. The molecule has 7 heteroatoms. The number of nitrogens with zero attached hydrogens (tertiary/aromatic N) is 1. The van der Waals surface area contributed by atoms with Crippen molar-refractivity contribution in [1.29, 1.82) is 0 Å². The summed E-state index contributed by atoms with van der Waals surface area (Å²) in [7, 11) is 0. The summed E-state index contributed by atoms with van der Waals surface area (Å²) in [5.74, 6) is 3.76. The van der Waals surface area contributed by atoms with Crippen molar-refractivity contribution in [2.45, 2.75) is 20.3 Å². The van der Waals surface area contributed by atoms with Gasteiger partial charge in [-0.1, -0.05) is 13.8 Å². The summed E-state index contributed by atoms with van der Waals surface area (Å²) in [6.07, 6.45) is 0.705. The highest BCUT2D eigenvalue weighted by atomic mass is 19.1. The first kappa shape index (κ1) is 15.6. The zero-order valence-electron chi connectivity index (χ0n) is 11.2. The summed E-state index contributed by atoms with van der Waals surface area (Å²) >= 11 is 0. The number of pyridine rings is 1. The molecule has 5 nitrogen and oxygen atoms in total. The molecule has 19 heavy (non-hydrogen) atoms. The second-order valence-electron chi connectivity index (χ2n) is 4.54. The first-order valence-corrected chi connectivity index (χ1v) is 6.19. The summed E-state index contributed by atoms with van der Waals surface area (Å²) < 4.78 is 31.9. The maximum atomic E-state index is 13.4. The fourth-order valence-electron chi connectivity index (χ4n) is 1.39. The molecule has 0 atom stereocenters. The van der Waals surface area contributed by atoms with E-state index in [0.717, 1.165) is 6.07 Å². The van der Waals surface area contributed by atoms with Crippen LogP contribution in [-0.4, -0.2) is 24.7 Å². The molecule has 0 aromatic carbocycles. The van der Waals surface area contributed by atoms with Crippen molar-refractivity contribution in [2.75, 3.05) is 30.5 Å². The molecule has 4 N–H and O–H groups in total. The molecule has 1 heterocycles. The van der Waals surface area contributed by atoms with E-state index in [0.29, 0.717) is 32.1 Å². The Hall–Kier alpha value is -1.47. The van der Waals surface area contributed by atoms with Gasteiger partial charge >= 0.3 is 0 Å². The summed E-state index contributed by atoms with van der Waals surface area (Å²) in [5, 5.41) is 2.77. The summed E-state index contributed by atoms with van der Waals surface area (Å²) in [4.78, 5) is 3.70. The fraction of sp³-hybridized carbons (Fsp3) is 0.583. The average Bonchev–Trinajstić information content (AvgIpc) is 2.35. The second kappa shape index (κ2) is 7.85. The molecular weight excluding hydrogens is 254 g/mol. The Bertz CT molecular complexity index is 402. The monoisotopic (exact) mass is 274 g/mol. The lowest BCUT2D eigenvalue weighted by molar-refractivity contribution is 0.110. The lowest BCUT2D eigenvalue weighted by atomic mass is 10.2. The maximum absolute atomic E-state index is 13.4. The topological polar surface area (TPSA) is 72.2 Å². The van der Waals surface area contributed by atoms with Gasteiger partial charge in [0.25, 0.3) is 0 Å². The van der Waals surface area contributed by atoms with Crippen molar-refractivity contribution < 1.29 is 13.5 Å². The van der Waals surface area contributed by atoms with Gasteiger partial charge in [0.2, 0.25) is 0 Å². The van der Waals surface area contributed by atoms with Gasteiger partial charge in [-0.25, -0.2) is 19.6 Å². The molecule has 0 saturated heterocycles. The highest BCUT2D eigenvalue weighted by Crippen LogP contribution is 2.17. The number of rotatable bonds is 8. The van der Waals surface area contributed by atoms with Crippen LogP contribution in [-0.2, 0) is 4.74 Å². The van der Waals surface area contributed by atoms with E-state index >= 15 is 0 Å². The van der Waals surface area contributed by atoms with Crippen LogP contribution >= 0.6 is 0 Å². The van der Waals surface area contributed by atoms with E-state index in [1.54, 1.807) is 0 Å². The number of nitrogens with one attached hydrogen (secondary N) is 2. The molecule has 0 spiro atoms. The molecule has 0 aliphatic carbocycles. The van der Waals surface area contributed by atoms with Crippen LogP contribution in [0.4, 0.5) is 20.4 Å². The van der Waals surface area contributed by atoms with Gasteiger partial charge < -0.3 is 15.5 Å². The molecule has 1 rings (SSSR count). The van der Waals surface area contributed by atoms with Crippen LogP contribution in [0.25, 0.3) is 0 Å². The highest BCUT2D eigenvalue weighted by Gasteiger charge is 2.10. The Kier molecular flexibility index (Phi) is 6.44. The van der Waals surface area contributed by atoms with Crippen molar-refractivity contribution in [3.8, 4) is 0 Å². The van der Waals surface area contributed by atoms with Crippen LogP contribution in [0.5, 0.6) is 0 Å². The first-order valence-electron chi connectivity index (χ1n) is 6.19. The van der Waals surface area contributed by atoms with E-state index < -0.39 is 11.6 Å². The van der Waals surface area contributed by atoms with Gasteiger partial charge in [0.05, 0.1) is 0 Å². The molecule has 0 bridgehead atoms. The normalized spacial score (nSPS) is 10.8. The molecule has 0 unspecified atom stereocenters. The Balaban J connectivity index is 2.37. The number of hydrazine groups is 1. The number of nitrogen functional groups attached to an aromatic ring is 1. The predicted octanol–water partition coefficient (Wildman–Crippen LogP) is 2.12. The van der Waals surface area contributed by atoms with Crippen LogP contribution in [0.3, 0.4) is 0 Å². The van der Waals surface area contributed by atoms with E-state index in [2.05, 4.69) is 29.6 Å². The molecule has 0 aliphatic heterocycles. The molecule has 0 amide bonds. The number of aromatic nitrogens is 1. The van der Waals surface area contributed by atoms with Crippen LogP contribution in [0.15, 0.2) is 6.07 Å². The van der Waals surface area contributed by atoms with Gasteiger partial charge in [0.15, 0.2) is 23.3 Å². The van der Waals surface area contributed by atoms with Crippen molar-refractivity contribution in [1.82, 2.24) is 4.98 Å². The van der Waals surface area contributed by atoms with E-state index in [9.17, 15) is 8.78 Å². The molecule has 0 radical (unpaired) electrons.